The SMILES string of the molecule is CN1C=CN(c2ccc(C#N)cc2)[CH-]1.[C-]1=CCC/C=C\CC1.[CH3-].[Ir+3]. The Morgan fingerprint density at radius 2 is 1.79 bits per heavy atom. The number of allylic oxidation sites excluding steroid dienone is 4. The van der Waals surface area contributed by atoms with Crippen LogP contribution in [-0.4, -0.2) is 11.9 Å². The molecule has 1 aromatic carbocycles. The van der Waals surface area contributed by atoms with E-state index in [-0.39, 0.29) is 27.5 Å². The molecule has 3 rings (SSSR count). The number of hydrogen-bond donors (Lipinski definition) is 0. The molecule has 2 aliphatic rings. The predicted octanol–water partition coefficient (Wildman–Crippen LogP) is 4.82. The van der Waals surface area contributed by atoms with Crippen LogP contribution < -0.4 is 4.90 Å². The molecule has 0 amide bonds. The van der Waals surface area contributed by atoms with Crippen LogP contribution in [0.25, 0.3) is 0 Å². The Labute approximate surface area is 160 Å². The third-order valence-corrected chi connectivity index (χ3v) is 3.31. The first-order valence-electron chi connectivity index (χ1n) is 7.53. The van der Waals surface area contributed by atoms with Crippen LogP contribution >= 0.6 is 0 Å². The smallest absolute Gasteiger partial charge is 0.510 e. The fraction of sp³-hybridized carbons (Fsp3) is 0.250. The van der Waals surface area contributed by atoms with Gasteiger partial charge in [-0.2, -0.15) is 18.4 Å². The summed E-state index contributed by atoms with van der Waals surface area (Å²) in [6, 6.07) is 9.58. The Kier molecular flexibility index (Phi) is 11.6. The molecule has 0 fully saturated rings. The molecule has 3 nitrogen and oxygen atoms in total. The summed E-state index contributed by atoms with van der Waals surface area (Å²) in [6.07, 6.45) is 18.4. The predicted molar refractivity (Wildman–Crippen MR) is 96.7 cm³/mol. The Morgan fingerprint density at radius 3 is 2.42 bits per heavy atom. The molecule has 0 bridgehead atoms. The van der Waals surface area contributed by atoms with Crippen LogP contribution in [0, 0.1) is 31.5 Å². The van der Waals surface area contributed by atoms with E-state index in [4.69, 9.17) is 5.26 Å². The Balaban J connectivity index is 0.000000460. The van der Waals surface area contributed by atoms with E-state index in [0.29, 0.717) is 5.56 Å². The average Bonchev–Trinajstić information content (AvgIpc) is 2.94. The van der Waals surface area contributed by atoms with Gasteiger partial charge in [0.1, 0.15) is 0 Å². The molecule has 0 saturated carbocycles. The molecule has 0 saturated heterocycles. The molecule has 0 spiro atoms. The Morgan fingerprint density at radius 1 is 1.08 bits per heavy atom. The quantitative estimate of drug-likeness (QED) is 0.411. The van der Waals surface area contributed by atoms with Gasteiger partial charge in [0.2, 0.25) is 0 Å². The maximum atomic E-state index is 8.64. The summed E-state index contributed by atoms with van der Waals surface area (Å²) in [7, 11) is 1.97. The molecule has 24 heavy (non-hydrogen) atoms. The van der Waals surface area contributed by atoms with Gasteiger partial charge in [-0.15, -0.1) is 0 Å². The van der Waals surface area contributed by atoms with Crippen LogP contribution in [0.1, 0.15) is 31.2 Å². The van der Waals surface area contributed by atoms with Gasteiger partial charge in [0.15, 0.2) is 0 Å². The van der Waals surface area contributed by atoms with Crippen molar-refractivity contribution < 1.29 is 20.1 Å². The molecule has 1 aliphatic heterocycles. The van der Waals surface area contributed by atoms with E-state index in [1.807, 2.05) is 60.2 Å². The summed E-state index contributed by atoms with van der Waals surface area (Å²) >= 11 is 0. The van der Waals surface area contributed by atoms with Crippen molar-refractivity contribution in [3.63, 3.8) is 0 Å². The summed E-state index contributed by atoms with van der Waals surface area (Å²) < 4.78 is 0. The fourth-order valence-corrected chi connectivity index (χ4v) is 2.10. The molecule has 1 aliphatic carbocycles. The molecule has 0 N–H and O–H groups in total. The molecule has 4 heteroatoms. The van der Waals surface area contributed by atoms with E-state index in [9.17, 15) is 0 Å². The van der Waals surface area contributed by atoms with Gasteiger partial charge in [0, 0.05) is 5.69 Å². The van der Waals surface area contributed by atoms with Gasteiger partial charge in [-0.05, 0) is 50.1 Å². The van der Waals surface area contributed by atoms with Gasteiger partial charge in [-0.25, -0.2) is 0 Å². The molecule has 0 atom stereocenters. The molecule has 128 valence electrons. The van der Waals surface area contributed by atoms with Gasteiger partial charge in [-0.3, -0.25) is 6.08 Å². The minimum absolute atomic E-state index is 0. The second-order valence-corrected chi connectivity index (χ2v) is 5.14. The third kappa shape index (κ3) is 7.64. The molecule has 0 aromatic heterocycles. The Bertz CT molecular complexity index is 556. The maximum Gasteiger partial charge on any atom is 3.00 e. The number of nitriles is 1. The zero-order valence-corrected chi connectivity index (χ0v) is 16.7. The monoisotopic (exact) mass is 499 g/mol. The van der Waals surface area contributed by atoms with Gasteiger partial charge in [0.05, 0.1) is 11.6 Å². The number of anilines is 1. The van der Waals surface area contributed by atoms with E-state index in [1.165, 1.54) is 19.3 Å². The van der Waals surface area contributed by atoms with Crippen molar-refractivity contribution >= 4 is 5.69 Å². The van der Waals surface area contributed by atoms with Crippen LogP contribution in [0.3, 0.4) is 0 Å². The summed E-state index contributed by atoms with van der Waals surface area (Å²) in [6.45, 7) is 1.97. The maximum absolute atomic E-state index is 8.64. The van der Waals surface area contributed by atoms with Crippen molar-refractivity contribution in [2.75, 3.05) is 11.9 Å². The number of rotatable bonds is 1. The van der Waals surface area contributed by atoms with E-state index in [1.54, 1.807) is 0 Å². The van der Waals surface area contributed by atoms with Crippen LogP contribution in [0.2, 0.25) is 0 Å². The van der Waals surface area contributed by atoms with Crippen molar-refractivity contribution in [2.24, 2.45) is 0 Å². The van der Waals surface area contributed by atoms with Gasteiger partial charge < -0.3 is 23.3 Å². The number of benzene rings is 1. The average molecular weight is 499 g/mol. The van der Waals surface area contributed by atoms with Crippen molar-refractivity contribution in [2.45, 2.75) is 25.7 Å². The van der Waals surface area contributed by atoms with Crippen molar-refractivity contribution in [3.8, 4) is 6.07 Å². The fourth-order valence-electron chi connectivity index (χ4n) is 2.10. The zero-order valence-electron chi connectivity index (χ0n) is 14.3. The first kappa shape index (κ1) is 22.2. The normalized spacial score (nSPS) is 16.5. The van der Waals surface area contributed by atoms with Crippen LogP contribution in [-0.2, 0) is 20.1 Å². The molecule has 1 heterocycles. The summed E-state index contributed by atoms with van der Waals surface area (Å²) in [5.41, 5.74) is 1.75. The van der Waals surface area contributed by atoms with Crippen LogP contribution in [0.4, 0.5) is 5.69 Å². The largest absolute Gasteiger partial charge is 3.00 e. The molecular formula is C20H24IrN3. The third-order valence-electron chi connectivity index (χ3n) is 3.31. The van der Waals surface area contributed by atoms with Crippen LogP contribution in [0.5, 0.6) is 0 Å². The van der Waals surface area contributed by atoms with E-state index in [0.717, 1.165) is 12.1 Å². The zero-order chi connectivity index (χ0) is 15.6. The van der Waals surface area contributed by atoms with Gasteiger partial charge in [-0.1, -0.05) is 25.0 Å². The van der Waals surface area contributed by atoms with Crippen LogP contribution in [0.15, 0.2) is 54.9 Å². The standard InChI is InChI=1S/C11H10N3.C8H11.CH3.Ir/c1-13-6-7-14(9-13)11-4-2-10(8-12)3-5-11;1-2-4-6-8-7-5-3-1;;/h2-7,9H,1H3;1-2,7H,3-6H2;1H3;/q3*-1;+3/b;2-1-;;. The van der Waals surface area contributed by atoms with Crippen molar-refractivity contribution in [1.29, 1.82) is 5.26 Å². The van der Waals surface area contributed by atoms with E-state index >= 15 is 0 Å². The minimum Gasteiger partial charge on any atom is -0.510 e. The second kappa shape index (κ2) is 12.6. The first-order valence-corrected chi connectivity index (χ1v) is 7.53. The second-order valence-electron chi connectivity index (χ2n) is 5.14. The molecule has 0 unspecified atom stereocenters. The van der Waals surface area contributed by atoms with Gasteiger partial charge in [0.25, 0.3) is 0 Å². The minimum atomic E-state index is 0. The van der Waals surface area contributed by atoms with E-state index < -0.39 is 0 Å². The molecule has 1 aromatic rings. The summed E-state index contributed by atoms with van der Waals surface area (Å²) in [5.74, 6) is 0. The summed E-state index contributed by atoms with van der Waals surface area (Å²) in [5, 5.41) is 8.64. The van der Waals surface area contributed by atoms with Gasteiger partial charge >= 0.3 is 20.1 Å². The molecular weight excluding hydrogens is 474 g/mol. The Hall–Kier alpha value is -1.82. The number of nitrogens with zero attached hydrogens (tertiary/aromatic N) is 3. The van der Waals surface area contributed by atoms with E-state index in [2.05, 4.69) is 30.4 Å². The summed E-state index contributed by atoms with van der Waals surface area (Å²) in [4.78, 5) is 3.97. The topological polar surface area (TPSA) is 30.3 Å². The molecule has 0 radical (unpaired) electrons. The van der Waals surface area contributed by atoms with Crippen molar-refractivity contribution in [3.05, 3.63) is 80.6 Å². The first-order chi connectivity index (χ1) is 10.8. The van der Waals surface area contributed by atoms with Crippen molar-refractivity contribution in [1.82, 2.24) is 4.90 Å². The number of hydrogen-bond acceptors (Lipinski definition) is 3.